The number of aliphatic imine (C=N–C) groups is 3. The number of urea groups is 2. The van der Waals surface area contributed by atoms with Crippen molar-refractivity contribution in [1.82, 2.24) is 14.7 Å². The van der Waals surface area contributed by atoms with Crippen molar-refractivity contribution in [1.29, 1.82) is 0 Å². The maximum absolute atomic E-state index is 13.7. The van der Waals surface area contributed by atoms with Crippen LogP contribution in [0.25, 0.3) is 0 Å². The molecule has 0 atom stereocenters. The van der Waals surface area contributed by atoms with E-state index in [2.05, 4.69) is 15.0 Å². The summed E-state index contributed by atoms with van der Waals surface area (Å²) in [5, 5.41) is 11.3. The fraction of sp³-hybridized carbons (Fsp3) is 0.233. The Balaban J connectivity index is 1.66. The summed E-state index contributed by atoms with van der Waals surface area (Å²) in [5.74, 6) is 0. The van der Waals surface area contributed by atoms with E-state index in [0.29, 0.717) is 33.4 Å². The van der Waals surface area contributed by atoms with Gasteiger partial charge in [0.25, 0.3) is 0 Å². The Labute approximate surface area is 240 Å². The smallest absolute Gasteiger partial charge is 0.332 e. The average molecular weight is 567 g/mol. The number of isocyanates is 3. The van der Waals surface area contributed by atoms with Crippen molar-refractivity contribution in [2.75, 3.05) is 0 Å². The first kappa shape index (κ1) is 29.5. The van der Waals surface area contributed by atoms with Gasteiger partial charge in [-0.1, -0.05) is 72.8 Å². The molecule has 1 aliphatic heterocycles. The van der Waals surface area contributed by atoms with Crippen molar-refractivity contribution in [3.8, 4) is 0 Å². The minimum atomic E-state index is -1.59. The maximum atomic E-state index is 13.7. The molecular formula is C30H26N6O6. The molecule has 0 aromatic heterocycles. The number of nitrogens with zero attached hydrogens (tertiary/aromatic N) is 6. The summed E-state index contributed by atoms with van der Waals surface area (Å²) in [6, 6.07) is 19.6. The van der Waals surface area contributed by atoms with Gasteiger partial charge in [0.2, 0.25) is 24.6 Å². The number of hydrogen-bond donors (Lipinski definition) is 1. The maximum Gasteiger partial charge on any atom is 0.332 e. The van der Waals surface area contributed by atoms with Crippen LogP contribution in [0.15, 0.2) is 87.8 Å². The Hall–Kier alpha value is -5.50. The number of rotatable bonds is 12. The van der Waals surface area contributed by atoms with Crippen LogP contribution in [0.5, 0.6) is 0 Å². The van der Waals surface area contributed by atoms with Crippen LogP contribution in [0.3, 0.4) is 0 Å². The summed E-state index contributed by atoms with van der Waals surface area (Å²) in [6.07, 6.45) is 2.88. The van der Waals surface area contributed by atoms with Crippen molar-refractivity contribution in [2.45, 2.75) is 45.6 Å². The van der Waals surface area contributed by atoms with Crippen LogP contribution in [0, 0.1) is 0 Å². The zero-order valence-corrected chi connectivity index (χ0v) is 22.4. The normalized spacial score (nSPS) is 14.6. The quantitative estimate of drug-likeness (QED) is 0.262. The van der Waals surface area contributed by atoms with Gasteiger partial charge in [0, 0.05) is 0 Å². The minimum Gasteiger partial charge on any atom is -0.356 e. The van der Waals surface area contributed by atoms with Gasteiger partial charge in [-0.05, 0) is 33.4 Å². The molecule has 0 saturated carbocycles. The minimum absolute atomic E-state index is 0.0406. The molecule has 3 aromatic carbocycles. The Morgan fingerprint density at radius 2 is 0.905 bits per heavy atom. The van der Waals surface area contributed by atoms with Crippen LogP contribution in [0.1, 0.15) is 33.4 Å². The molecule has 1 N–H and O–H groups in total. The van der Waals surface area contributed by atoms with Crippen molar-refractivity contribution >= 4 is 30.3 Å². The highest BCUT2D eigenvalue weighted by Crippen LogP contribution is 2.25. The number of amides is 4. The van der Waals surface area contributed by atoms with Crippen LogP contribution < -0.4 is 0 Å². The highest BCUT2D eigenvalue weighted by Gasteiger charge is 2.43. The summed E-state index contributed by atoms with van der Waals surface area (Å²) in [4.78, 5) is 73.2. The molecule has 4 amide bonds. The molecule has 3 aromatic rings. The third-order valence-corrected chi connectivity index (χ3v) is 6.51. The molecule has 1 fully saturated rings. The zero-order valence-electron chi connectivity index (χ0n) is 22.4. The lowest BCUT2D eigenvalue weighted by Crippen LogP contribution is -2.65. The van der Waals surface area contributed by atoms with Gasteiger partial charge in [0.1, 0.15) is 0 Å². The van der Waals surface area contributed by atoms with E-state index < -0.39 is 18.4 Å². The predicted molar refractivity (Wildman–Crippen MR) is 148 cm³/mol. The number of carbonyl (C=O) groups is 2. The second-order valence-corrected chi connectivity index (χ2v) is 9.44. The molecule has 1 aliphatic rings. The van der Waals surface area contributed by atoms with E-state index in [1.165, 1.54) is 28.0 Å². The van der Waals surface area contributed by atoms with Gasteiger partial charge >= 0.3 is 12.1 Å². The van der Waals surface area contributed by atoms with Gasteiger partial charge in [-0.2, -0.15) is 0 Å². The third kappa shape index (κ3) is 7.37. The second kappa shape index (κ2) is 14.2. The lowest BCUT2D eigenvalue weighted by atomic mass is 10.1. The largest absolute Gasteiger partial charge is 0.356 e. The number of hydrogen-bond acceptors (Lipinski definition) is 9. The van der Waals surface area contributed by atoms with Crippen molar-refractivity contribution < 1.29 is 29.1 Å². The van der Waals surface area contributed by atoms with Crippen LogP contribution in [0.4, 0.5) is 9.59 Å². The second-order valence-electron chi connectivity index (χ2n) is 9.44. The Morgan fingerprint density at radius 3 is 1.26 bits per heavy atom. The van der Waals surface area contributed by atoms with E-state index in [-0.39, 0.29) is 39.3 Å². The molecule has 212 valence electrons. The summed E-state index contributed by atoms with van der Waals surface area (Å²) < 4.78 is 0. The van der Waals surface area contributed by atoms with Gasteiger partial charge < -0.3 is 5.11 Å². The third-order valence-electron chi connectivity index (χ3n) is 6.51. The van der Waals surface area contributed by atoms with Crippen LogP contribution in [-0.2, 0) is 53.7 Å². The Morgan fingerprint density at radius 1 is 0.571 bits per heavy atom. The summed E-state index contributed by atoms with van der Waals surface area (Å²) >= 11 is 0. The van der Waals surface area contributed by atoms with E-state index in [9.17, 15) is 29.1 Å². The predicted octanol–water partition coefficient (Wildman–Crippen LogP) is 3.53. The first-order chi connectivity index (χ1) is 20.4. The molecular weight excluding hydrogens is 540 g/mol. The molecule has 0 radical (unpaired) electrons. The van der Waals surface area contributed by atoms with Crippen molar-refractivity contribution in [3.05, 3.63) is 106 Å². The van der Waals surface area contributed by atoms with Crippen molar-refractivity contribution in [3.63, 3.8) is 0 Å². The molecule has 0 bridgehead atoms. The standard InChI is InChI=1S/C30H26N6O6/c37-19-31-13-22-4-1-7-25(10-22)16-34-28(40)35(17-26-8-2-5-23(11-26)14-32-20-38)30(42)36(29(34)41)18-27-9-3-6-24(12-27)15-33-21-39/h1-12,28,40H,13-18H2. The van der Waals surface area contributed by atoms with E-state index in [1.54, 1.807) is 72.8 Å². The topological polar surface area (TPSA) is 152 Å². The highest BCUT2D eigenvalue weighted by molar-refractivity contribution is 5.96. The molecule has 0 unspecified atom stereocenters. The lowest BCUT2D eigenvalue weighted by molar-refractivity contribution is -0.101. The number of benzene rings is 3. The number of imide groups is 1. The van der Waals surface area contributed by atoms with E-state index in [1.807, 2.05) is 0 Å². The molecule has 12 nitrogen and oxygen atoms in total. The molecule has 0 spiro atoms. The van der Waals surface area contributed by atoms with Crippen LogP contribution in [-0.4, -0.2) is 56.5 Å². The average Bonchev–Trinajstić information content (AvgIpc) is 3.01. The molecule has 42 heavy (non-hydrogen) atoms. The Bertz CT molecular complexity index is 1520. The van der Waals surface area contributed by atoms with Crippen molar-refractivity contribution in [2.24, 2.45) is 15.0 Å². The van der Waals surface area contributed by atoms with E-state index >= 15 is 0 Å². The van der Waals surface area contributed by atoms with Gasteiger partial charge in [-0.3, -0.25) is 9.80 Å². The number of aliphatic hydroxyl groups excluding tert-OH is 1. The van der Waals surface area contributed by atoms with Gasteiger partial charge in [0.15, 0.2) is 0 Å². The number of aliphatic hydroxyl groups is 1. The molecule has 0 aliphatic carbocycles. The van der Waals surface area contributed by atoms with Crippen LogP contribution >= 0.6 is 0 Å². The molecule has 12 heteroatoms. The summed E-state index contributed by atoms with van der Waals surface area (Å²) in [7, 11) is 0. The summed E-state index contributed by atoms with van der Waals surface area (Å²) in [5.41, 5.74) is 4.05. The fourth-order valence-electron chi connectivity index (χ4n) is 4.62. The van der Waals surface area contributed by atoms with Crippen LogP contribution in [0.2, 0.25) is 0 Å². The first-order valence-electron chi connectivity index (χ1n) is 12.8. The molecule has 1 saturated heterocycles. The monoisotopic (exact) mass is 566 g/mol. The van der Waals surface area contributed by atoms with E-state index in [0.717, 1.165) is 4.90 Å². The lowest BCUT2D eigenvalue weighted by Gasteiger charge is -2.44. The fourth-order valence-corrected chi connectivity index (χ4v) is 4.62. The van der Waals surface area contributed by atoms with Gasteiger partial charge in [-0.15, -0.1) is 0 Å². The Kier molecular flexibility index (Phi) is 9.99. The SMILES string of the molecule is O=C=NCc1cccc(CN2C(=O)N(Cc3cccc(CN=C=O)c3)C(O)N(Cc3cccc(CN=C=O)c3)C2=O)c1. The molecule has 1 heterocycles. The highest BCUT2D eigenvalue weighted by atomic mass is 16.3. The van der Waals surface area contributed by atoms with Gasteiger partial charge in [-0.25, -0.2) is 43.8 Å². The number of carbonyl (C=O) groups excluding carboxylic acids is 5. The summed E-state index contributed by atoms with van der Waals surface area (Å²) in [6.45, 7) is 0.144. The van der Waals surface area contributed by atoms with E-state index in [4.69, 9.17) is 0 Å². The first-order valence-corrected chi connectivity index (χ1v) is 12.8. The van der Waals surface area contributed by atoms with Gasteiger partial charge in [0.05, 0.1) is 39.3 Å². The molecule has 4 rings (SSSR count). The zero-order chi connectivity index (χ0) is 29.9.